The number of benzene rings is 3. The molecule has 6 heteroatoms. The highest BCUT2D eigenvalue weighted by molar-refractivity contribution is 6.10. The molecule has 2 amide bonds. The Kier molecular flexibility index (Phi) is 4.98. The van der Waals surface area contributed by atoms with E-state index < -0.39 is 5.54 Å². The Morgan fingerprint density at radius 1 is 0.969 bits per heavy atom. The van der Waals surface area contributed by atoms with E-state index in [1.807, 2.05) is 84.9 Å². The van der Waals surface area contributed by atoms with Gasteiger partial charge in [0.05, 0.1) is 6.54 Å². The van der Waals surface area contributed by atoms with Crippen molar-refractivity contribution >= 4 is 23.5 Å². The predicted octanol–water partition coefficient (Wildman–Crippen LogP) is 3.85. The van der Waals surface area contributed by atoms with Gasteiger partial charge in [0.1, 0.15) is 0 Å². The molecule has 3 aromatic carbocycles. The van der Waals surface area contributed by atoms with Crippen LogP contribution in [0.4, 0.5) is 5.69 Å². The van der Waals surface area contributed by atoms with Gasteiger partial charge < -0.3 is 10.6 Å². The van der Waals surface area contributed by atoms with Crippen LogP contribution in [-0.2, 0) is 21.7 Å². The number of carbonyl (C=O) groups excluding carboxylic acids is 2. The quantitative estimate of drug-likeness (QED) is 0.562. The number of amides is 2. The third kappa shape index (κ3) is 3.54. The molecule has 5 rings (SSSR count). The van der Waals surface area contributed by atoms with E-state index in [2.05, 4.69) is 10.6 Å². The van der Waals surface area contributed by atoms with Crippen molar-refractivity contribution in [3.05, 3.63) is 102 Å². The van der Waals surface area contributed by atoms with Gasteiger partial charge in [-0.1, -0.05) is 72.8 Å². The Balaban J connectivity index is 1.46. The number of nitrogens with one attached hydrogen (secondary N) is 3. The van der Waals surface area contributed by atoms with Gasteiger partial charge in [0.15, 0.2) is 11.5 Å². The zero-order valence-electron chi connectivity index (χ0n) is 17.5. The number of carbonyl (C=O) groups is 2. The van der Waals surface area contributed by atoms with Crippen molar-refractivity contribution in [3.63, 3.8) is 0 Å². The molecule has 0 atom stereocenters. The molecule has 2 aliphatic rings. The van der Waals surface area contributed by atoms with Crippen molar-refractivity contribution in [2.45, 2.75) is 24.9 Å². The van der Waals surface area contributed by atoms with Crippen molar-refractivity contribution in [3.8, 4) is 0 Å². The molecule has 0 spiro atoms. The Hall–Kier alpha value is -3.93. The number of rotatable bonds is 6. The number of hydrogen-bond acceptors (Lipinski definition) is 3. The minimum atomic E-state index is -1.16. The summed E-state index contributed by atoms with van der Waals surface area (Å²) in [5, 5.41) is 14.7. The maximum absolute atomic E-state index is 13.9. The molecular weight excluding hydrogens is 400 g/mol. The molecule has 1 aliphatic carbocycles. The molecule has 2 fully saturated rings. The summed E-state index contributed by atoms with van der Waals surface area (Å²) in [6.45, 7) is 0.235. The number of hydrogen-bond donors (Lipinski definition) is 3. The average Bonchev–Trinajstić information content (AvgIpc) is 3.64. The third-order valence-electron chi connectivity index (χ3n) is 6.04. The Morgan fingerprint density at radius 2 is 1.59 bits per heavy atom. The SMILES string of the molecule is N=C1NC(c2ccccc2)(c2ccccc2)C(=O)N1Cc1cccc(NC(=O)C2CC2)c1. The molecule has 32 heavy (non-hydrogen) atoms. The minimum Gasteiger partial charge on any atom is -0.334 e. The smallest absolute Gasteiger partial charge is 0.264 e. The lowest BCUT2D eigenvalue weighted by atomic mass is 9.82. The second kappa shape index (κ2) is 7.96. The summed E-state index contributed by atoms with van der Waals surface area (Å²) < 4.78 is 0. The highest BCUT2D eigenvalue weighted by atomic mass is 16.2. The van der Waals surface area contributed by atoms with E-state index in [1.54, 1.807) is 0 Å². The highest BCUT2D eigenvalue weighted by Crippen LogP contribution is 2.36. The standard InChI is InChI=1S/C26H24N4O2/c27-25-29-26(20-9-3-1-4-10-20,21-11-5-2-6-12-21)24(32)30(25)17-18-8-7-13-22(16-18)28-23(31)19-14-15-19/h1-13,16,19H,14-15,17H2,(H2,27,29)(H,28,31). The molecule has 160 valence electrons. The second-order valence-corrected chi connectivity index (χ2v) is 8.31. The van der Waals surface area contributed by atoms with E-state index in [4.69, 9.17) is 5.41 Å². The molecular formula is C26H24N4O2. The van der Waals surface area contributed by atoms with Crippen molar-refractivity contribution in [2.24, 2.45) is 5.92 Å². The van der Waals surface area contributed by atoms with Crippen LogP contribution in [0.5, 0.6) is 0 Å². The zero-order valence-corrected chi connectivity index (χ0v) is 17.5. The van der Waals surface area contributed by atoms with Gasteiger partial charge in [0.25, 0.3) is 5.91 Å². The Labute approximate surface area is 186 Å². The van der Waals surface area contributed by atoms with Gasteiger partial charge in [-0.2, -0.15) is 0 Å². The molecule has 0 radical (unpaired) electrons. The molecule has 0 aromatic heterocycles. The molecule has 3 N–H and O–H groups in total. The lowest BCUT2D eigenvalue weighted by Gasteiger charge is -2.28. The molecule has 6 nitrogen and oxygen atoms in total. The van der Waals surface area contributed by atoms with Crippen LogP contribution in [0.1, 0.15) is 29.5 Å². The van der Waals surface area contributed by atoms with Crippen LogP contribution in [0, 0.1) is 11.3 Å². The van der Waals surface area contributed by atoms with Crippen molar-refractivity contribution < 1.29 is 9.59 Å². The summed E-state index contributed by atoms with van der Waals surface area (Å²) >= 11 is 0. The van der Waals surface area contributed by atoms with Crippen LogP contribution in [0.3, 0.4) is 0 Å². The van der Waals surface area contributed by atoms with Gasteiger partial charge >= 0.3 is 0 Å². The first-order valence-electron chi connectivity index (χ1n) is 10.8. The molecule has 1 saturated carbocycles. The molecule has 0 bridgehead atoms. The monoisotopic (exact) mass is 424 g/mol. The van der Waals surface area contributed by atoms with Gasteiger partial charge in [-0.05, 0) is 41.7 Å². The van der Waals surface area contributed by atoms with Crippen molar-refractivity contribution in [2.75, 3.05) is 5.32 Å². The normalized spacial score (nSPS) is 17.2. The van der Waals surface area contributed by atoms with Crippen LogP contribution in [0.25, 0.3) is 0 Å². The van der Waals surface area contributed by atoms with E-state index in [0.717, 1.165) is 29.5 Å². The summed E-state index contributed by atoms with van der Waals surface area (Å²) in [6.07, 6.45) is 1.88. The zero-order chi connectivity index (χ0) is 22.1. The third-order valence-corrected chi connectivity index (χ3v) is 6.04. The van der Waals surface area contributed by atoms with E-state index in [-0.39, 0.29) is 30.2 Å². The van der Waals surface area contributed by atoms with E-state index in [0.29, 0.717) is 5.69 Å². The lowest BCUT2D eigenvalue weighted by molar-refractivity contribution is -0.130. The summed E-state index contributed by atoms with van der Waals surface area (Å²) in [7, 11) is 0. The van der Waals surface area contributed by atoms with Crippen molar-refractivity contribution in [1.29, 1.82) is 5.41 Å². The summed E-state index contributed by atoms with van der Waals surface area (Å²) in [4.78, 5) is 27.4. The van der Waals surface area contributed by atoms with Gasteiger partial charge in [0, 0.05) is 11.6 Å². The van der Waals surface area contributed by atoms with Crippen LogP contribution in [0.2, 0.25) is 0 Å². The van der Waals surface area contributed by atoms with Gasteiger partial charge in [-0.3, -0.25) is 19.9 Å². The number of nitrogens with zero attached hydrogens (tertiary/aromatic N) is 1. The molecule has 1 aliphatic heterocycles. The Morgan fingerprint density at radius 3 is 2.19 bits per heavy atom. The van der Waals surface area contributed by atoms with Crippen LogP contribution in [-0.4, -0.2) is 22.7 Å². The van der Waals surface area contributed by atoms with E-state index in [1.165, 1.54) is 4.90 Å². The molecule has 0 unspecified atom stereocenters. The summed E-state index contributed by atoms with van der Waals surface area (Å²) in [5.41, 5.74) is 1.97. The molecule has 1 heterocycles. The predicted molar refractivity (Wildman–Crippen MR) is 123 cm³/mol. The van der Waals surface area contributed by atoms with Gasteiger partial charge in [-0.15, -0.1) is 0 Å². The first-order chi connectivity index (χ1) is 15.6. The first kappa shape index (κ1) is 20.0. The Bertz CT molecular complexity index is 1130. The van der Waals surface area contributed by atoms with Crippen LogP contribution < -0.4 is 10.6 Å². The number of anilines is 1. The van der Waals surface area contributed by atoms with Crippen LogP contribution >= 0.6 is 0 Å². The molecule has 3 aromatic rings. The minimum absolute atomic E-state index is 0.0426. The summed E-state index contributed by atoms with van der Waals surface area (Å²) in [5.74, 6) is 0.0111. The maximum atomic E-state index is 13.9. The topological polar surface area (TPSA) is 85.3 Å². The average molecular weight is 425 g/mol. The highest BCUT2D eigenvalue weighted by Gasteiger charge is 2.52. The van der Waals surface area contributed by atoms with E-state index >= 15 is 0 Å². The maximum Gasteiger partial charge on any atom is 0.264 e. The second-order valence-electron chi connectivity index (χ2n) is 8.31. The fourth-order valence-corrected chi connectivity index (χ4v) is 4.21. The van der Waals surface area contributed by atoms with Gasteiger partial charge in [0.2, 0.25) is 5.91 Å². The lowest BCUT2D eigenvalue weighted by Crippen LogP contribution is -2.45. The molecule has 1 saturated heterocycles. The largest absolute Gasteiger partial charge is 0.334 e. The van der Waals surface area contributed by atoms with Gasteiger partial charge in [-0.25, -0.2) is 0 Å². The summed E-state index contributed by atoms with van der Waals surface area (Å²) in [6, 6.07) is 26.5. The fraction of sp³-hybridized carbons (Fsp3) is 0.192. The van der Waals surface area contributed by atoms with E-state index in [9.17, 15) is 9.59 Å². The first-order valence-corrected chi connectivity index (χ1v) is 10.8. The van der Waals surface area contributed by atoms with Crippen LogP contribution in [0.15, 0.2) is 84.9 Å². The fourth-order valence-electron chi connectivity index (χ4n) is 4.21. The number of guanidine groups is 1. The van der Waals surface area contributed by atoms with Crippen molar-refractivity contribution in [1.82, 2.24) is 10.2 Å².